The summed E-state index contributed by atoms with van der Waals surface area (Å²) in [7, 11) is 0. The third-order valence-corrected chi connectivity index (χ3v) is 2.03. The summed E-state index contributed by atoms with van der Waals surface area (Å²) in [6, 6.07) is 3.49. The first-order valence-corrected chi connectivity index (χ1v) is 5.06. The van der Waals surface area contributed by atoms with Gasteiger partial charge in [-0.1, -0.05) is 6.92 Å². The molecule has 5 heteroatoms. The van der Waals surface area contributed by atoms with E-state index in [1.165, 1.54) is 0 Å². The van der Waals surface area contributed by atoms with Crippen molar-refractivity contribution in [3.05, 3.63) is 24.5 Å². The maximum atomic E-state index is 11.5. The number of hydrogen-bond donors (Lipinski definition) is 2. The van der Waals surface area contributed by atoms with Gasteiger partial charge >= 0.3 is 0 Å². The zero-order valence-corrected chi connectivity index (χ0v) is 9.14. The number of pyridine rings is 1. The Balaban J connectivity index is 2.39. The fraction of sp³-hybridized carbons (Fsp3) is 0.364. The van der Waals surface area contributed by atoms with Crippen LogP contribution < -0.4 is 11.1 Å². The van der Waals surface area contributed by atoms with Crippen LogP contribution in [0.1, 0.15) is 19.8 Å². The summed E-state index contributed by atoms with van der Waals surface area (Å²) >= 11 is 0. The molecule has 1 aromatic heterocycles. The lowest BCUT2D eigenvalue weighted by Gasteiger charge is -2.09. The first-order valence-electron chi connectivity index (χ1n) is 5.06. The molecule has 0 aliphatic carbocycles. The Hall–Kier alpha value is -1.91. The number of hydrogen-bond acceptors (Lipinski definition) is 3. The van der Waals surface area contributed by atoms with E-state index in [1.54, 1.807) is 24.5 Å². The van der Waals surface area contributed by atoms with Crippen LogP contribution in [-0.2, 0) is 9.59 Å². The van der Waals surface area contributed by atoms with Crippen molar-refractivity contribution in [2.45, 2.75) is 19.8 Å². The molecular weight excluding hydrogens is 206 g/mol. The van der Waals surface area contributed by atoms with Gasteiger partial charge in [-0.3, -0.25) is 14.6 Å². The zero-order chi connectivity index (χ0) is 12.0. The number of rotatable bonds is 5. The Morgan fingerprint density at radius 2 is 2.25 bits per heavy atom. The van der Waals surface area contributed by atoms with Crippen molar-refractivity contribution in [2.75, 3.05) is 5.32 Å². The van der Waals surface area contributed by atoms with Crippen molar-refractivity contribution in [1.29, 1.82) is 0 Å². The van der Waals surface area contributed by atoms with Crippen LogP contribution in [0.4, 0.5) is 5.69 Å². The lowest BCUT2D eigenvalue weighted by atomic mass is 10.0. The lowest BCUT2D eigenvalue weighted by Crippen LogP contribution is -2.20. The molecule has 0 spiro atoms. The molecule has 0 fully saturated rings. The topological polar surface area (TPSA) is 85.1 Å². The molecule has 16 heavy (non-hydrogen) atoms. The van der Waals surface area contributed by atoms with Gasteiger partial charge in [-0.25, -0.2) is 0 Å². The number of nitrogens with two attached hydrogens (primary N) is 1. The molecule has 5 nitrogen and oxygen atoms in total. The Bertz CT molecular complexity index is 365. The number of nitrogens with zero attached hydrogens (tertiary/aromatic N) is 1. The van der Waals surface area contributed by atoms with Crippen LogP contribution in [-0.4, -0.2) is 16.8 Å². The Labute approximate surface area is 94.1 Å². The first-order chi connectivity index (χ1) is 7.58. The molecule has 0 saturated heterocycles. The second kappa shape index (κ2) is 5.85. The van der Waals surface area contributed by atoms with E-state index >= 15 is 0 Å². The number of carbonyl (C=O) groups is 2. The second-order valence-corrected chi connectivity index (χ2v) is 3.77. The van der Waals surface area contributed by atoms with Crippen LogP contribution in [0.2, 0.25) is 0 Å². The van der Waals surface area contributed by atoms with Gasteiger partial charge in [0.1, 0.15) is 0 Å². The minimum Gasteiger partial charge on any atom is -0.370 e. The molecular formula is C11H15N3O2. The third kappa shape index (κ3) is 4.54. The van der Waals surface area contributed by atoms with E-state index in [0.717, 1.165) is 0 Å². The highest BCUT2D eigenvalue weighted by Crippen LogP contribution is 2.09. The van der Waals surface area contributed by atoms with Crippen molar-refractivity contribution < 1.29 is 9.59 Å². The van der Waals surface area contributed by atoms with Crippen LogP contribution in [0.25, 0.3) is 0 Å². The fourth-order valence-electron chi connectivity index (χ4n) is 1.38. The third-order valence-electron chi connectivity index (χ3n) is 2.03. The first kappa shape index (κ1) is 12.2. The van der Waals surface area contributed by atoms with Crippen molar-refractivity contribution >= 4 is 17.5 Å². The summed E-state index contributed by atoms with van der Waals surface area (Å²) in [6.45, 7) is 1.81. The Morgan fingerprint density at radius 1 is 1.50 bits per heavy atom. The van der Waals surface area contributed by atoms with Crippen molar-refractivity contribution in [3.63, 3.8) is 0 Å². The molecule has 0 bridgehead atoms. The van der Waals surface area contributed by atoms with Crippen molar-refractivity contribution in [2.24, 2.45) is 11.7 Å². The monoisotopic (exact) mass is 221 g/mol. The summed E-state index contributed by atoms with van der Waals surface area (Å²) < 4.78 is 0. The van der Waals surface area contributed by atoms with Crippen molar-refractivity contribution in [1.82, 2.24) is 4.98 Å². The number of nitrogens with one attached hydrogen (secondary N) is 1. The van der Waals surface area contributed by atoms with Crippen LogP contribution >= 0.6 is 0 Å². The predicted molar refractivity (Wildman–Crippen MR) is 60.5 cm³/mol. The molecule has 2 amide bonds. The van der Waals surface area contributed by atoms with Crippen molar-refractivity contribution in [3.8, 4) is 0 Å². The normalized spacial score (nSPS) is 11.8. The smallest absolute Gasteiger partial charge is 0.224 e. The largest absolute Gasteiger partial charge is 0.370 e. The minimum absolute atomic E-state index is 0.0471. The van der Waals surface area contributed by atoms with Gasteiger partial charge in [0.2, 0.25) is 11.8 Å². The number of amides is 2. The summed E-state index contributed by atoms with van der Waals surface area (Å²) in [4.78, 5) is 26.0. The quantitative estimate of drug-likeness (QED) is 0.775. The predicted octanol–water partition coefficient (Wildman–Crippen LogP) is 0.922. The standard InChI is InChI=1S/C11H15N3O2/c1-8(5-10(12)15)6-11(16)14-9-3-2-4-13-7-9/h2-4,7-8H,5-6H2,1H3,(H2,12,15)(H,14,16)/t8-/m1/s1. The number of primary amides is 1. The fourth-order valence-corrected chi connectivity index (χ4v) is 1.38. The Morgan fingerprint density at radius 3 is 2.81 bits per heavy atom. The summed E-state index contributed by atoms with van der Waals surface area (Å²) in [5, 5.41) is 2.69. The van der Waals surface area contributed by atoms with Gasteiger partial charge in [0.15, 0.2) is 0 Å². The molecule has 0 aliphatic heterocycles. The average molecular weight is 221 g/mol. The van der Waals surface area contributed by atoms with E-state index in [4.69, 9.17) is 5.73 Å². The molecule has 1 rings (SSSR count). The number of anilines is 1. The minimum atomic E-state index is -0.387. The van der Waals surface area contributed by atoms with E-state index in [9.17, 15) is 9.59 Å². The number of aromatic nitrogens is 1. The number of carbonyl (C=O) groups excluding carboxylic acids is 2. The zero-order valence-electron chi connectivity index (χ0n) is 9.14. The van der Waals surface area contributed by atoms with E-state index in [2.05, 4.69) is 10.3 Å². The van der Waals surface area contributed by atoms with Crippen LogP contribution in [0.15, 0.2) is 24.5 Å². The highest BCUT2D eigenvalue weighted by Gasteiger charge is 2.11. The Kier molecular flexibility index (Phi) is 4.44. The van der Waals surface area contributed by atoms with Gasteiger partial charge in [0.05, 0.1) is 11.9 Å². The van der Waals surface area contributed by atoms with E-state index in [-0.39, 0.29) is 30.6 Å². The van der Waals surface area contributed by atoms with Gasteiger partial charge in [0.25, 0.3) is 0 Å². The summed E-state index contributed by atoms with van der Waals surface area (Å²) in [5.74, 6) is -0.572. The van der Waals surface area contributed by atoms with Crippen LogP contribution in [0.3, 0.4) is 0 Å². The molecule has 0 radical (unpaired) electrons. The highest BCUT2D eigenvalue weighted by atomic mass is 16.2. The van der Waals surface area contributed by atoms with E-state index in [1.807, 2.05) is 6.92 Å². The molecule has 0 unspecified atom stereocenters. The van der Waals surface area contributed by atoms with E-state index in [0.29, 0.717) is 5.69 Å². The highest BCUT2D eigenvalue weighted by molar-refractivity contribution is 5.90. The lowest BCUT2D eigenvalue weighted by molar-refractivity contribution is -0.119. The van der Waals surface area contributed by atoms with Gasteiger partial charge < -0.3 is 11.1 Å². The molecule has 0 aromatic carbocycles. The van der Waals surface area contributed by atoms with Gasteiger partial charge in [-0.05, 0) is 18.1 Å². The van der Waals surface area contributed by atoms with Crippen LogP contribution in [0.5, 0.6) is 0 Å². The molecule has 0 saturated carbocycles. The second-order valence-electron chi connectivity index (χ2n) is 3.77. The maximum Gasteiger partial charge on any atom is 0.224 e. The summed E-state index contributed by atoms with van der Waals surface area (Å²) in [6.07, 6.45) is 3.69. The molecule has 0 aliphatic rings. The SMILES string of the molecule is C[C@H](CC(N)=O)CC(=O)Nc1cccnc1. The van der Waals surface area contributed by atoms with Gasteiger partial charge in [-0.2, -0.15) is 0 Å². The van der Waals surface area contributed by atoms with Gasteiger partial charge in [-0.15, -0.1) is 0 Å². The van der Waals surface area contributed by atoms with Crippen LogP contribution in [0, 0.1) is 5.92 Å². The van der Waals surface area contributed by atoms with Gasteiger partial charge in [0, 0.05) is 19.0 Å². The maximum absolute atomic E-state index is 11.5. The molecule has 3 N–H and O–H groups in total. The molecule has 1 atom stereocenters. The van der Waals surface area contributed by atoms with E-state index < -0.39 is 0 Å². The molecule has 86 valence electrons. The average Bonchev–Trinajstić information content (AvgIpc) is 2.17. The summed E-state index contributed by atoms with van der Waals surface area (Å²) in [5.41, 5.74) is 5.69. The molecule has 1 aromatic rings. The molecule has 1 heterocycles.